The first-order valence-corrected chi connectivity index (χ1v) is 9.10. The minimum atomic E-state index is -3.92. The third kappa shape index (κ3) is 4.18. The molecule has 2 aromatic carbocycles. The molecule has 0 spiro atoms. The summed E-state index contributed by atoms with van der Waals surface area (Å²) in [6.07, 6.45) is 0.00273. The number of carboxylic acids is 1. The Bertz CT molecular complexity index is 849. The first kappa shape index (κ1) is 19.0. The lowest BCUT2D eigenvalue weighted by Crippen LogP contribution is -2.43. The maximum absolute atomic E-state index is 12.7. The summed E-state index contributed by atoms with van der Waals surface area (Å²) < 4.78 is 31.6. The summed E-state index contributed by atoms with van der Waals surface area (Å²) in [5, 5.41) is 9.60. The monoisotopic (exact) mass is 363 g/mol. The van der Waals surface area contributed by atoms with E-state index in [4.69, 9.17) is 4.74 Å². The summed E-state index contributed by atoms with van der Waals surface area (Å²) in [6.45, 7) is 1.88. The van der Waals surface area contributed by atoms with Crippen molar-refractivity contribution < 1.29 is 23.1 Å². The van der Waals surface area contributed by atoms with Crippen LogP contribution in [0.3, 0.4) is 0 Å². The largest absolute Gasteiger partial charge is 0.496 e. The normalized spacial score (nSPS) is 12.8. The zero-order valence-electron chi connectivity index (χ0n) is 14.3. The maximum atomic E-state index is 12.7. The number of ether oxygens (including phenoxy) is 1. The van der Waals surface area contributed by atoms with Crippen LogP contribution in [0.1, 0.15) is 11.1 Å². The van der Waals surface area contributed by atoms with Gasteiger partial charge in [0.15, 0.2) is 0 Å². The Labute approximate surface area is 147 Å². The van der Waals surface area contributed by atoms with Gasteiger partial charge in [0, 0.05) is 13.5 Å². The molecule has 0 saturated carbocycles. The third-order valence-corrected chi connectivity index (χ3v) is 5.87. The van der Waals surface area contributed by atoms with Gasteiger partial charge in [-0.2, -0.15) is 4.31 Å². The van der Waals surface area contributed by atoms with Gasteiger partial charge in [0.1, 0.15) is 11.8 Å². The van der Waals surface area contributed by atoms with Crippen LogP contribution < -0.4 is 4.74 Å². The Morgan fingerprint density at radius 1 is 1.20 bits per heavy atom. The minimum absolute atomic E-state index is 0.00273. The Hall–Kier alpha value is -2.38. The van der Waals surface area contributed by atoms with Gasteiger partial charge in [-0.05, 0) is 30.7 Å². The number of likely N-dealkylation sites (N-methyl/N-ethyl adjacent to an activating group) is 1. The minimum Gasteiger partial charge on any atom is -0.496 e. The summed E-state index contributed by atoms with van der Waals surface area (Å²) in [5.74, 6) is -0.687. The number of methoxy groups -OCH3 is 1. The van der Waals surface area contributed by atoms with Crippen LogP contribution in [0, 0.1) is 6.92 Å². The van der Waals surface area contributed by atoms with Gasteiger partial charge in [-0.15, -0.1) is 0 Å². The standard InChI is InChI=1S/C18H21NO5S/c1-13-9-10-17(24-3)14(11-13)12-16(18(20)21)19(2)25(22,23)15-7-5-4-6-8-15/h4-11,16H,12H2,1-3H3,(H,20,21)/t16-/m0/s1. The molecule has 0 saturated heterocycles. The van der Waals surface area contributed by atoms with Crippen molar-refractivity contribution in [1.29, 1.82) is 0 Å². The van der Waals surface area contributed by atoms with Crippen LogP contribution in [0.25, 0.3) is 0 Å². The molecule has 0 fully saturated rings. The number of carboxylic acid groups (broad SMARTS) is 1. The van der Waals surface area contributed by atoms with Crippen molar-refractivity contribution in [2.24, 2.45) is 0 Å². The molecule has 7 heteroatoms. The van der Waals surface area contributed by atoms with E-state index in [0.29, 0.717) is 11.3 Å². The number of aliphatic carboxylic acids is 1. The molecule has 2 rings (SSSR count). The van der Waals surface area contributed by atoms with Crippen molar-refractivity contribution >= 4 is 16.0 Å². The smallest absolute Gasteiger partial charge is 0.322 e. The molecule has 0 aliphatic rings. The molecule has 6 nitrogen and oxygen atoms in total. The second-order valence-electron chi connectivity index (χ2n) is 5.71. The molecule has 0 aliphatic heterocycles. The summed E-state index contributed by atoms with van der Waals surface area (Å²) in [5.41, 5.74) is 1.58. The molecule has 1 atom stereocenters. The molecular formula is C18H21NO5S. The lowest BCUT2D eigenvalue weighted by Gasteiger charge is -2.25. The number of rotatable bonds is 7. The van der Waals surface area contributed by atoms with E-state index in [-0.39, 0.29) is 11.3 Å². The average Bonchev–Trinajstić information content (AvgIpc) is 2.59. The van der Waals surface area contributed by atoms with Gasteiger partial charge in [-0.1, -0.05) is 35.9 Å². The Balaban J connectivity index is 2.39. The summed E-state index contributed by atoms with van der Waals surface area (Å²) in [7, 11) is -1.15. The van der Waals surface area contributed by atoms with E-state index < -0.39 is 22.0 Å². The van der Waals surface area contributed by atoms with Gasteiger partial charge in [0.2, 0.25) is 10.0 Å². The maximum Gasteiger partial charge on any atom is 0.322 e. The fourth-order valence-corrected chi connectivity index (χ4v) is 3.91. The third-order valence-electron chi connectivity index (χ3n) is 3.99. The predicted molar refractivity (Wildman–Crippen MR) is 94.2 cm³/mol. The van der Waals surface area contributed by atoms with Crippen LogP contribution in [0.5, 0.6) is 5.75 Å². The van der Waals surface area contributed by atoms with Crippen molar-refractivity contribution in [2.75, 3.05) is 14.2 Å². The van der Waals surface area contributed by atoms with Crippen molar-refractivity contribution in [3.05, 3.63) is 59.7 Å². The average molecular weight is 363 g/mol. The molecule has 25 heavy (non-hydrogen) atoms. The topological polar surface area (TPSA) is 83.9 Å². The van der Waals surface area contributed by atoms with Gasteiger partial charge in [-0.25, -0.2) is 8.42 Å². The summed E-state index contributed by atoms with van der Waals surface area (Å²) >= 11 is 0. The van der Waals surface area contributed by atoms with Gasteiger partial charge < -0.3 is 9.84 Å². The first-order valence-electron chi connectivity index (χ1n) is 7.66. The Morgan fingerprint density at radius 2 is 1.84 bits per heavy atom. The number of carbonyl (C=O) groups is 1. The SMILES string of the molecule is COc1ccc(C)cc1C[C@@H](C(=O)O)N(C)S(=O)(=O)c1ccccc1. The van der Waals surface area contributed by atoms with Crippen LogP contribution in [-0.4, -0.2) is 44.0 Å². The van der Waals surface area contributed by atoms with Crippen LogP contribution in [-0.2, 0) is 21.2 Å². The second-order valence-corrected chi connectivity index (χ2v) is 7.71. The van der Waals surface area contributed by atoms with E-state index in [9.17, 15) is 18.3 Å². The number of hydrogen-bond donors (Lipinski definition) is 1. The fraction of sp³-hybridized carbons (Fsp3) is 0.278. The van der Waals surface area contributed by atoms with E-state index in [1.165, 1.54) is 26.3 Å². The quantitative estimate of drug-likeness (QED) is 0.816. The van der Waals surface area contributed by atoms with Crippen molar-refractivity contribution in [1.82, 2.24) is 4.31 Å². The van der Waals surface area contributed by atoms with E-state index >= 15 is 0 Å². The van der Waals surface area contributed by atoms with Gasteiger partial charge >= 0.3 is 5.97 Å². The van der Waals surface area contributed by atoms with Crippen molar-refractivity contribution in [3.63, 3.8) is 0 Å². The fourth-order valence-electron chi connectivity index (χ4n) is 2.57. The zero-order valence-corrected chi connectivity index (χ0v) is 15.2. The van der Waals surface area contributed by atoms with Crippen molar-refractivity contribution in [3.8, 4) is 5.75 Å². The Kier molecular flexibility index (Phi) is 5.81. The van der Waals surface area contributed by atoms with Gasteiger partial charge in [-0.3, -0.25) is 4.79 Å². The highest BCUT2D eigenvalue weighted by atomic mass is 32.2. The molecule has 0 heterocycles. The van der Waals surface area contributed by atoms with Crippen LogP contribution in [0.4, 0.5) is 0 Å². The molecule has 0 bridgehead atoms. The molecule has 0 radical (unpaired) electrons. The summed E-state index contributed by atoms with van der Waals surface area (Å²) in [4.78, 5) is 11.8. The van der Waals surface area contributed by atoms with Crippen LogP contribution >= 0.6 is 0 Å². The molecule has 2 aromatic rings. The lowest BCUT2D eigenvalue weighted by molar-refractivity contribution is -0.141. The molecule has 0 unspecified atom stereocenters. The second kappa shape index (κ2) is 7.67. The number of sulfonamides is 1. The number of hydrogen-bond acceptors (Lipinski definition) is 4. The molecule has 0 aromatic heterocycles. The Morgan fingerprint density at radius 3 is 2.40 bits per heavy atom. The highest BCUT2D eigenvalue weighted by Gasteiger charge is 2.33. The first-order chi connectivity index (χ1) is 11.8. The lowest BCUT2D eigenvalue weighted by atomic mass is 10.0. The number of aryl methyl sites for hydroxylation is 1. The summed E-state index contributed by atoms with van der Waals surface area (Å²) in [6, 6.07) is 11.9. The van der Waals surface area contributed by atoms with E-state index in [1.807, 2.05) is 13.0 Å². The van der Waals surface area contributed by atoms with E-state index in [0.717, 1.165) is 9.87 Å². The predicted octanol–water partition coefficient (Wildman–Crippen LogP) is 2.32. The number of benzene rings is 2. The molecule has 0 aliphatic carbocycles. The van der Waals surface area contributed by atoms with Crippen LogP contribution in [0.15, 0.2) is 53.4 Å². The van der Waals surface area contributed by atoms with Crippen molar-refractivity contribution in [2.45, 2.75) is 24.3 Å². The van der Waals surface area contributed by atoms with Crippen LogP contribution in [0.2, 0.25) is 0 Å². The van der Waals surface area contributed by atoms with E-state index in [2.05, 4.69) is 0 Å². The van der Waals surface area contributed by atoms with Gasteiger partial charge in [0.25, 0.3) is 0 Å². The van der Waals surface area contributed by atoms with E-state index in [1.54, 1.807) is 30.3 Å². The highest BCUT2D eigenvalue weighted by Crippen LogP contribution is 2.24. The highest BCUT2D eigenvalue weighted by molar-refractivity contribution is 7.89. The van der Waals surface area contributed by atoms with Gasteiger partial charge in [0.05, 0.1) is 12.0 Å². The molecule has 1 N–H and O–H groups in total. The molecule has 134 valence electrons. The molecular weight excluding hydrogens is 342 g/mol. The zero-order chi connectivity index (χ0) is 18.6. The number of nitrogens with zero attached hydrogens (tertiary/aromatic N) is 1. The molecule has 0 amide bonds.